The predicted molar refractivity (Wildman–Crippen MR) is 118 cm³/mol. The van der Waals surface area contributed by atoms with Crippen LogP contribution in [0.25, 0.3) is 0 Å². The zero-order valence-electron chi connectivity index (χ0n) is 18.5. The molecule has 0 saturated heterocycles. The van der Waals surface area contributed by atoms with E-state index in [1.54, 1.807) is 32.9 Å². The number of aldehydes is 1. The first-order chi connectivity index (χ1) is 15.4. The van der Waals surface area contributed by atoms with Gasteiger partial charge in [-0.3, -0.25) is 10.2 Å². The molecule has 10 heteroatoms. The van der Waals surface area contributed by atoms with E-state index in [2.05, 4.69) is 15.4 Å². The van der Waals surface area contributed by atoms with E-state index < -0.39 is 23.8 Å². The molecule has 0 atom stereocenters. The minimum Gasteiger partial charge on any atom is -0.444 e. The van der Waals surface area contributed by atoms with Gasteiger partial charge in [0.2, 0.25) is 0 Å². The minimum atomic E-state index is -4.80. The molecule has 0 fully saturated rings. The fourth-order valence-electron chi connectivity index (χ4n) is 2.79. The van der Waals surface area contributed by atoms with Gasteiger partial charge in [-0.2, -0.15) is 0 Å². The summed E-state index contributed by atoms with van der Waals surface area (Å²) in [6.45, 7) is 6.12. The van der Waals surface area contributed by atoms with E-state index in [1.165, 1.54) is 18.2 Å². The van der Waals surface area contributed by atoms with Crippen LogP contribution in [0.5, 0.6) is 5.75 Å². The number of alkyl halides is 3. The monoisotopic (exact) mass is 465 g/mol. The highest BCUT2D eigenvalue weighted by Gasteiger charge is 2.31. The highest BCUT2D eigenvalue weighted by molar-refractivity contribution is 6.14. The Kier molecular flexibility index (Phi) is 8.44. The van der Waals surface area contributed by atoms with Gasteiger partial charge in [-0.15, -0.1) is 13.2 Å². The molecule has 33 heavy (non-hydrogen) atoms. The maximum atomic E-state index is 12.4. The van der Waals surface area contributed by atoms with Crippen molar-refractivity contribution in [2.75, 3.05) is 18.4 Å². The highest BCUT2D eigenvalue weighted by Crippen LogP contribution is 2.25. The average molecular weight is 465 g/mol. The molecule has 2 aromatic rings. The molecule has 0 radical (unpaired) electrons. The summed E-state index contributed by atoms with van der Waals surface area (Å²) in [4.78, 5) is 22.9. The van der Waals surface area contributed by atoms with Crippen LogP contribution in [-0.4, -0.2) is 43.1 Å². The molecule has 0 aliphatic heterocycles. The van der Waals surface area contributed by atoms with Crippen LogP contribution in [-0.2, 0) is 4.74 Å². The number of halogens is 3. The smallest absolute Gasteiger partial charge is 0.444 e. The van der Waals surface area contributed by atoms with Crippen molar-refractivity contribution in [2.24, 2.45) is 0 Å². The number of amides is 1. The maximum Gasteiger partial charge on any atom is 0.573 e. The van der Waals surface area contributed by atoms with Crippen molar-refractivity contribution in [3.63, 3.8) is 0 Å². The number of nitrogens with one attached hydrogen (secondary N) is 3. The Hall–Kier alpha value is -3.56. The normalized spacial score (nSPS) is 11.5. The van der Waals surface area contributed by atoms with Crippen molar-refractivity contribution in [3.8, 4) is 5.75 Å². The largest absolute Gasteiger partial charge is 0.573 e. The second kappa shape index (κ2) is 10.8. The minimum absolute atomic E-state index is 0.0200. The van der Waals surface area contributed by atoms with Crippen LogP contribution < -0.4 is 15.4 Å². The number of ether oxygens (including phenoxy) is 2. The lowest BCUT2D eigenvalue weighted by Crippen LogP contribution is -2.33. The van der Waals surface area contributed by atoms with Crippen molar-refractivity contribution in [1.82, 2.24) is 5.32 Å². The SMILES string of the molecule is CC(C)(C)OC(=O)NCCCNc1ccc(C=O)cc1C(=N)c1ccc(OC(F)(F)F)cc1. The van der Waals surface area contributed by atoms with Crippen LogP contribution in [0.3, 0.4) is 0 Å². The van der Waals surface area contributed by atoms with Gasteiger partial charge in [-0.05, 0) is 69.7 Å². The Balaban J connectivity index is 2.04. The summed E-state index contributed by atoms with van der Waals surface area (Å²) in [6.07, 6.45) is -4.11. The molecule has 0 aliphatic rings. The zero-order valence-corrected chi connectivity index (χ0v) is 18.5. The van der Waals surface area contributed by atoms with E-state index in [9.17, 15) is 22.8 Å². The first kappa shape index (κ1) is 25.7. The standard InChI is InChI=1S/C23H26F3N3O4/c1-22(2,3)33-21(31)29-12-4-11-28-19-10-5-15(14-30)13-18(19)20(27)16-6-8-17(9-7-16)32-23(24,25)26/h5-10,13-14,27-28H,4,11-12H2,1-3H3,(H,29,31). The summed E-state index contributed by atoms with van der Waals surface area (Å²) in [6, 6.07) is 9.68. The highest BCUT2D eigenvalue weighted by atomic mass is 19.4. The molecule has 0 unspecified atom stereocenters. The average Bonchev–Trinajstić information content (AvgIpc) is 2.71. The number of hydrogen-bond donors (Lipinski definition) is 3. The van der Waals surface area contributed by atoms with Gasteiger partial charge in [0.05, 0.1) is 5.71 Å². The number of anilines is 1. The van der Waals surface area contributed by atoms with E-state index in [0.717, 1.165) is 12.1 Å². The third kappa shape index (κ3) is 8.83. The fraction of sp³-hybridized carbons (Fsp3) is 0.348. The van der Waals surface area contributed by atoms with E-state index in [4.69, 9.17) is 10.1 Å². The van der Waals surface area contributed by atoms with Crippen molar-refractivity contribution in [2.45, 2.75) is 39.2 Å². The first-order valence-electron chi connectivity index (χ1n) is 10.1. The number of hydrogen-bond acceptors (Lipinski definition) is 6. The Morgan fingerprint density at radius 1 is 1.06 bits per heavy atom. The molecule has 0 saturated carbocycles. The molecule has 3 N–H and O–H groups in total. The van der Waals surface area contributed by atoms with Gasteiger partial charge in [-0.25, -0.2) is 4.79 Å². The van der Waals surface area contributed by atoms with Gasteiger partial charge in [0, 0.05) is 35.5 Å². The molecule has 1 amide bonds. The van der Waals surface area contributed by atoms with Gasteiger partial charge < -0.3 is 20.1 Å². The summed E-state index contributed by atoms with van der Waals surface area (Å²) in [5.74, 6) is -0.392. The molecule has 0 aromatic heterocycles. The molecule has 0 spiro atoms. The lowest BCUT2D eigenvalue weighted by molar-refractivity contribution is -0.274. The van der Waals surface area contributed by atoms with Crippen LogP contribution in [0, 0.1) is 5.41 Å². The van der Waals surface area contributed by atoms with E-state index in [1.807, 2.05) is 0 Å². The summed E-state index contributed by atoms with van der Waals surface area (Å²) in [5.41, 5.74) is 1.11. The molecule has 2 aromatic carbocycles. The van der Waals surface area contributed by atoms with Crippen molar-refractivity contribution in [1.29, 1.82) is 5.41 Å². The Morgan fingerprint density at radius 3 is 2.30 bits per heavy atom. The summed E-state index contributed by atoms with van der Waals surface area (Å²) in [7, 11) is 0. The number of alkyl carbamates (subject to hydrolysis) is 1. The Morgan fingerprint density at radius 2 is 1.73 bits per heavy atom. The Bertz CT molecular complexity index is 984. The topological polar surface area (TPSA) is 101 Å². The molecule has 0 bridgehead atoms. The lowest BCUT2D eigenvalue weighted by atomic mass is 9.98. The van der Waals surface area contributed by atoms with Gasteiger partial charge >= 0.3 is 12.5 Å². The third-order valence-corrected chi connectivity index (χ3v) is 4.16. The molecule has 2 rings (SSSR count). The molecule has 178 valence electrons. The predicted octanol–water partition coefficient (Wildman–Crippen LogP) is 5.14. The lowest BCUT2D eigenvalue weighted by Gasteiger charge is -2.19. The second-order valence-corrected chi connectivity index (χ2v) is 8.08. The molecule has 0 heterocycles. The van der Waals surface area contributed by atoms with Crippen molar-refractivity contribution < 1.29 is 32.2 Å². The quantitative estimate of drug-likeness (QED) is 0.270. The number of carbonyl (C=O) groups excluding carboxylic acids is 2. The van der Waals surface area contributed by atoms with E-state index in [-0.39, 0.29) is 5.71 Å². The summed E-state index contributed by atoms with van der Waals surface area (Å²) < 4.78 is 46.1. The summed E-state index contributed by atoms with van der Waals surface area (Å²) in [5, 5.41) is 14.3. The van der Waals surface area contributed by atoms with Crippen LogP contribution in [0.15, 0.2) is 42.5 Å². The van der Waals surface area contributed by atoms with Gasteiger partial charge in [0.1, 0.15) is 17.6 Å². The maximum absolute atomic E-state index is 12.4. The van der Waals surface area contributed by atoms with E-state index >= 15 is 0 Å². The van der Waals surface area contributed by atoms with Crippen LogP contribution in [0.1, 0.15) is 48.7 Å². The van der Waals surface area contributed by atoms with Crippen molar-refractivity contribution in [3.05, 3.63) is 59.2 Å². The number of benzene rings is 2. The number of rotatable bonds is 9. The van der Waals surface area contributed by atoms with Crippen LogP contribution >= 0.6 is 0 Å². The van der Waals surface area contributed by atoms with Crippen LogP contribution in [0.2, 0.25) is 0 Å². The Labute approximate surface area is 189 Å². The number of carbonyl (C=O) groups is 2. The van der Waals surface area contributed by atoms with Gasteiger partial charge in [-0.1, -0.05) is 0 Å². The van der Waals surface area contributed by atoms with Crippen molar-refractivity contribution >= 4 is 23.8 Å². The second-order valence-electron chi connectivity index (χ2n) is 8.08. The first-order valence-corrected chi connectivity index (χ1v) is 10.1. The molecule has 7 nitrogen and oxygen atoms in total. The third-order valence-electron chi connectivity index (χ3n) is 4.16. The molecule has 0 aliphatic carbocycles. The zero-order chi connectivity index (χ0) is 24.6. The molecular weight excluding hydrogens is 439 g/mol. The fourth-order valence-corrected chi connectivity index (χ4v) is 2.79. The molecular formula is C23H26F3N3O4. The van der Waals surface area contributed by atoms with Gasteiger partial charge in [0.25, 0.3) is 0 Å². The summed E-state index contributed by atoms with van der Waals surface area (Å²) >= 11 is 0. The van der Waals surface area contributed by atoms with Gasteiger partial charge in [0.15, 0.2) is 0 Å². The van der Waals surface area contributed by atoms with Crippen LogP contribution in [0.4, 0.5) is 23.7 Å². The van der Waals surface area contributed by atoms with E-state index in [0.29, 0.717) is 48.2 Å².